The molecule has 1 aliphatic carbocycles. The van der Waals surface area contributed by atoms with Gasteiger partial charge in [0.05, 0.1) is 4.90 Å². The summed E-state index contributed by atoms with van der Waals surface area (Å²) >= 11 is 0. The summed E-state index contributed by atoms with van der Waals surface area (Å²) in [6.45, 7) is 5.69. The van der Waals surface area contributed by atoms with E-state index in [0.717, 1.165) is 12.8 Å². The van der Waals surface area contributed by atoms with Crippen molar-refractivity contribution in [3.05, 3.63) is 41.7 Å². The van der Waals surface area contributed by atoms with E-state index in [-0.39, 0.29) is 17.3 Å². The van der Waals surface area contributed by atoms with Crippen LogP contribution in [0.15, 0.2) is 29.7 Å². The Labute approximate surface area is 125 Å². The molecular weight excluding hydrogens is 291 g/mol. The first-order valence-corrected chi connectivity index (χ1v) is 8.40. The van der Waals surface area contributed by atoms with E-state index >= 15 is 0 Å². The molecule has 116 valence electrons. The molecule has 21 heavy (non-hydrogen) atoms. The molecule has 1 fully saturated rings. The Balaban J connectivity index is 2.32. The van der Waals surface area contributed by atoms with E-state index < -0.39 is 10.0 Å². The second kappa shape index (κ2) is 6.25. The van der Waals surface area contributed by atoms with Crippen LogP contribution < -0.4 is 5.32 Å². The van der Waals surface area contributed by atoms with E-state index in [0.29, 0.717) is 23.7 Å². The zero-order valence-corrected chi connectivity index (χ0v) is 13.2. The van der Waals surface area contributed by atoms with Crippen LogP contribution in [-0.2, 0) is 16.6 Å². The predicted molar refractivity (Wildman–Crippen MR) is 81.0 cm³/mol. The lowest BCUT2D eigenvalue weighted by Gasteiger charge is -2.17. The van der Waals surface area contributed by atoms with Gasteiger partial charge < -0.3 is 5.32 Å². The molecule has 0 bridgehead atoms. The summed E-state index contributed by atoms with van der Waals surface area (Å²) < 4.78 is 40.2. The van der Waals surface area contributed by atoms with E-state index in [4.69, 9.17) is 0 Å². The molecule has 1 aromatic rings. The summed E-state index contributed by atoms with van der Waals surface area (Å²) in [5.41, 5.74) is 0.739. The first-order valence-electron chi connectivity index (χ1n) is 6.96. The number of nitrogens with zero attached hydrogens (tertiary/aromatic N) is 1. The van der Waals surface area contributed by atoms with Crippen molar-refractivity contribution in [2.75, 3.05) is 13.6 Å². The molecule has 1 aromatic carbocycles. The highest BCUT2D eigenvalue weighted by Gasteiger charge is 2.24. The zero-order valence-electron chi connectivity index (χ0n) is 12.4. The Bertz CT molecular complexity index is 639. The summed E-state index contributed by atoms with van der Waals surface area (Å²) in [4.78, 5) is 0.123. The summed E-state index contributed by atoms with van der Waals surface area (Å²) in [7, 11) is -2.13. The monoisotopic (exact) mass is 312 g/mol. The highest BCUT2D eigenvalue weighted by molar-refractivity contribution is 7.89. The van der Waals surface area contributed by atoms with Crippen LogP contribution in [0.4, 0.5) is 4.39 Å². The normalized spacial score (nSPS) is 15.4. The highest BCUT2D eigenvalue weighted by atomic mass is 32.2. The maximum absolute atomic E-state index is 14.1. The minimum absolute atomic E-state index is 0.123. The van der Waals surface area contributed by atoms with Crippen molar-refractivity contribution in [2.45, 2.75) is 37.2 Å². The number of hydrogen-bond donors (Lipinski definition) is 1. The molecular formula is C15H21FN2O2S. The van der Waals surface area contributed by atoms with Gasteiger partial charge in [0.2, 0.25) is 10.0 Å². The van der Waals surface area contributed by atoms with Crippen LogP contribution in [0.2, 0.25) is 0 Å². The quantitative estimate of drug-likeness (QED) is 0.785. The fourth-order valence-electron chi connectivity index (χ4n) is 2.09. The van der Waals surface area contributed by atoms with Gasteiger partial charge in [0.1, 0.15) is 5.82 Å². The topological polar surface area (TPSA) is 49.4 Å². The molecule has 4 nitrogen and oxygen atoms in total. The molecule has 0 amide bonds. The maximum Gasteiger partial charge on any atom is 0.243 e. The Morgan fingerprint density at radius 1 is 1.48 bits per heavy atom. The third-order valence-corrected chi connectivity index (χ3v) is 5.36. The number of aryl methyl sites for hydroxylation is 1. The number of nitrogens with one attached hydrogen (secondary N) is 1. The number of likely N-dealkylation sites (N-methyl/N-ethyl adjacent to an activating group) is 1. The van der Waals surface area contributed by atoms with Crippen LogP contribution in [-0.4, -0.2) is 32.4 Å². The molecule has 0 heterocycles. The Hall–Kier alpha value is -1.24. The van der Waals surface area contributed by atoms with Gasteiger partial charge >= 0.3 is 0 Å². The van der Waals surface area contributed by atoms with Crippen molar-refractivity contribution in [3.63, 3.8) is 0 Å². The Kier molecular flexibility index (Phi) is 4.81. The van der Waals surface area contributed by atoms with E-state index in [9.17, 15) is 12.8 Å². The highest BCUT2D eigenvalue weighted by Crippen LogP contribution is 2.24. The molecule has 0 aliphatic heterocycles. The zero-order chi connectivity index (χ0) is 15.6. The minimum Gasteiger partial charge on any atom is -0.310 e. The van der Waals surface area contributed by atoms with Gasteiger partial charge in [-0.3, -0.25) is 0 Å². The smallest absolute Gasteiger partial charge is 0.243 e. The molecule has 2 rings (SSSR count). The fourth-order valence-corrected chi connectivity index (χ4v) is 3.36. The number of halogens is 1. The van der Waals surface area contributed by atoms with Crippen LogP contribution in [0.3, 0.4) is 0 Å². The van der Waals surface area contributed by atoms with E-state index in [1.807, 2.05) is 0 Å². The first kappa shape index (κ1) is 16.1. The third-order valence-electron chi connectivity index (χ3n) is 3.56. The summed E-state index contributed by atoms with van der Waals surface area (Å²) in [5.74, 6) is -0.339. The largest absolute Gasteiger partial charge is 0.310 e. The van der Waals surface area contributed by atoms with Gasteiger partial charge in [0, 0.05) is 31.7 Å². The average molecular weight is 312 g/mol. The van der Waals surface area contributed by atoms with Crippen molar-refractivity contribution in [3.8, 4) is 0 Å². The average Bonchev–Trinajstić information content (AvgIpc) is 3.24. The second-order valence-corrected chi connectivity index (χ2v) is 7.49. The lowest BCUT2D eigenvalue weighted by Crippen LogP contribution is -2.27. The van der Waals surface area contributed by atoms with E-state index in [1.165, 1.54) is 29.6 Å². The van der Waals surface area contributed by atoms with Gasteiger partial charge in [0.15, 0.2) is 0 Å². The van der Waals surface area contributed by atoms with E-state index in [2.05, 4.69) is 11.9 Å². The Morgan fingerprint density at radius 2 is 2.14 bits per heavy atom. The number of benzene rings is 1. The van der Waals surface area contributed by atoms with Gasteiger partial charge in [-0.1, -0.05) is 6.08 Å². The summed E-state index contributed by atoms with van der Waals surface area (Å²) in [5, 5.41) is 3.21. The molecule has 0 radical (unpaired) electrons. The number of hydrogen-bond acceptors (Lipinski definition) is 3. The number of rotatable bonds is 7. The van der Waals surface area contributed by atoms with Gasteiger partial charge in [-0.2, -0.15) is 4.31 Å². The molecule has 6 heteroatoms. The molecule has 0 atom stereocenters. The van der Waals surface area contributed by atoms with Crippen LogP contribution in [0, 0.1) is 12.7 Å². The van der Waals surface area contributed by atoms with Crippen LogP contribution in [0.25, 0.3) is 0 Å². The second-order valence-electron chi connectivity index (χ2n) is 5.44. The predicted octanol–water partition coefficient (Wildman–Crippen LogP) is 2.19. The van der Waals surface area contributed by atoms with Gasteiger partial charge in [-0.15, -0.1) is 6.58 Å². The van der Waals surface area contributed by atoms with Crippen molar-refractivity contribution in [2.24, 2.45) is 0 Å². The molecule has 1 aliphatic rings. The molecule has 1 N–H and O–H groups in total. The van der Waals surface area contributed by atoms with Crippen LogP contribution >= 0.6 is 0 Å². The van der Waals surface area contributed by atoms with Gasteiger partial charge in [-0.05, 0) is 37.5 Å². The standard InChI is InChI=1S/C15H21FN2O2S/c1-4-7-18(3)21(19,20)14-8-11(2)15(16)12(9-14)10-17-13-5-6-13/h4,8-9,13,17H,1,5-7,10H2,2-3H3. The molecule has 0 saturated heterocycles. The van der Waals surface area contributed by atoms with Crippen molar-refractivity contribution < 1.29 is 12.8 Å². The van der Waals surface area contributed by atoms with Gasteiger partial charge in [-0.25, -0.2) is 12.8 Å². The maximum atomic E-state index is 14.1. The SMILES string of the molecule is C=CCN(C)S(=O)(=O)c1cc(C)c(F)c(CNC2CC2)c1. The molecule has 0 aromatic heterocycles. The molecule has 1 saturated carbocycles. The number of sulfonamides is 1. The molecule has 0 unspecified atom stereocenters. The lowest BCUT2D eigenvalue weighted by molar-refractivity contribution is 0.498. The molecule has 0 spiro atoms. The van der Waals surface area contributed by atoms with E-state index in [1.54, 1.807) is 6.92 Å². The van der Waals surface area contributed by atoms with Crippen molar-refractivity contribution in [1.82, 2.24) is 9.62 Å². The fraction of sp³-hybridized carbons (Fsp3) is 0.467. The summed E-state index contributed by atoms with van der Waals surface area (Å²) in [6.07, 6.45) is 3.71. The lowest BCUT2D eigenvalue weighted by atomic mass is 10.1. The van der Waals surface area contributed by atoms with Gasteiger partial charge in [0.25, 0.3) is 0 Å². The van der Waals surface area contributed by atoms with Crippen molar-refractivity contribution in [1.29, 1.82) is 0 Å². The van der Waals surface area contributed by atoms with Crippen LogP contribution in [0.5, 0.6) is 0 Å². The van der Waals surface area contributed by atoms with Crippen LogP contribution in [0.1, 0.15) is 24.0 Å². The summed E-state index contributed by atoms with van der Waals surface area (Å²) in [6, 6.07) is 3.24. The van der Waals surface area contributed by atoms with Crippen molar-refractivity contribution >= 4 is 10.0 Å². The minimum atomic E-state index is -3.62. The third kappa shape index (κ3) is 3.70. The Morgan fingerprint density at radius 3 is 2.71 bits per heavy atom. The first-order chi connectivity index (χ1) is 9.86.